The molecule has 4 rings (SSSR count). The Morgan fingerprint density at radius 2 is 2.18 bits per heavy atom. The van der Waals surface area contributed by atoms with Crippen molar-refractivity contribution in [1.29, 1.82) is 0 Å². The number of hydrogen-bond donors (Lipinski definition) is 0. The molecule has 0 N–H and O–H groups in total. The minimum absolute atomic E-state index is 0.117. The van der Waals surface area contributed by atoms with E-state index in [1.807, 2.05) is 34.4 Å². The maximum Gasteiger partial charge on any atom is 0.228 e. The number of likely N-dealkylation sites (tertiary alicyclic amines) is 1. The number of rotatable bonds is 3. The summed E-state index contributed by atoms with van der Waals surface area (Å²) >= 11 is 1.81. The highest BCUT2D eigenvalue weighted by Gasteiger charge is 2.47. The zero-order valence-corrected chi connectivity index (χ0v) is 13.3. The third kappa shape index (κ3) is 2.55. The minimum atomic E-state index is 0.117. The van der Waals surface area contributed by atoms with E-state index in [2.05, 4.69) is 27.4 Å². The van der Waals surface area contributed by atoms with Crippen LogP contribution >= 0.6 is 11.3 Å². The van der Waals surface area contributed by atoms with Crippen LogP contribution in [0.4, 0.5) is 5.82 Å². The van der Waals surface area contributed by atoms with Gasteiger partial charge in [-0.1, -0.05) is 12.1 Å². The number of hydrogen-bond acceptors (Lipinski definition) is 4. The van der Waals surface area contributed by atoms with Crippen molar-refractivity contribution in [3.8, 4) is 0 Å². The number of carbonyl (C=O) groups is 1. The highest BCUT2D eigenvalue weighted by atomic mass is 32.1. The molecule has 0 aliphatic carbocycles. The van der Waals surface area contributed by atoms with Gasteiger partial charge in [-0.15, -0.1) is 11.3 Å². The van der Waals surface area contributed by atoms with Gasteiger partial charge in [0.15, 0.2) is 0 Å². The molecular formula is C17H19N3OS. The van der Waals surface area contributed by atoms with Crippen LogP contribution in [0.1, 0.15) is 17.7 Å². The number of aromatic nitrogens is 1. The molecule has 0 saturated carbocycles. The van der Waals surface area contributed by atoms with Gasteiger partial charge in [-0.2, -0.15) is 0 Å². The number of carbonyl (C=O) groups excluding carboxylic acids is 1. The van der Waals surface area contributed by atoms with E-state index in [0.29, 0.717) is 6.42 Å². The van der Waals surface area contributed by atoms with Gasteiger partial charge in [-0.3, -0.25) is 14.6 Å². The predicted octanol–water partition coefficient (Wildman–Crippen LogP) is 2.77. The molecule has 1 spiro atoms. The lowest BCUT2D eigenvalue weighted by molar-refractivity contribution is -0.117. The normalized spacial score (nSPS) is 25.5. The van der Waals surface area contributed by atoms with Gasteiger partial charge in [0.1, 0.15) is 5.82 Å². The summed E-state index contributed by atoms with van der Waals surface area (Å²) < 4.78 is 0. The predicted molar refractivity (Wildman–Crippen MR) is 87.9 cm³/mol. The van der Waals surface area contributed by atoms with Crippen LogP contribution in [0.25, 0.3) is 0 Å². The number of amides is 1. The topological polar surface area (TPSA) is 36.4 Å². The average molecular weight is 313 g/mol. The van der Waals surface area contributed by atoms with Gasteiger partial charge in [-0.25, -0.2) is 4.98 Å². The van der Waals surface area contributed by atoms with E-state index < -0.39 is 0 Å². The summed E-state index contributed by atoms with van der Waals surface area (Å²) in [5, 5.41) is 2.13. The van der Waals surface area contributed by atoms with Crippen LogP contribution in [0, 0.1) is 5.41 Å². The van der Waals surface area contributed by atoms with Crippen molar-refractivity contribution in [1.82, 2.24) is 9.88 Å². The number of thiophene rings is 1. The number of nitrogens with zero attached hydrogens (tertiary/aromatic N) is 3. The molecule has 2 aliphatic rings. The molecule has 1 atom stereocenters. The second-order valence-corrected chi connectivity index (χ2v) is 7.42. The maximum absolute atomic E-state index is 12.4. The molecule has 4 nitrogen and oxygen atoms in total. The summed E-state index contributed by atoms with van der Waals surface area (Å²) in [6.07, 6.45) is 3.52. The van der Waals surface area contributed by atoms with Crippen LogP contribution in [-0.2, 0) is 11.3 Å². The first-order chi connectivity index (χ1) is 10.7. The summed E-state index contributed by atoms with van der Waals surface area (Å²) in [5.74, 6) is 1.01. The Morgan fingerprint density at radius 1 is 1.23 bits per heavy atom. The summed E-state index contributed by atoms with van der Waals surface area (Å²) in [5.41, 5.74) is 0.117. The van der Waals surface area contributed by atoms with Crippen LogP contribution in [0.5, 0.6) is 0 Å². The van der Waals surface area contributed by atoms with E-state index in [9.17, 15) is 4.79 Å². The van der Waals surface area contributed by atoms with Crippen molar-refractivity contribution in [2.75, 3.05) is 24.5 Å². The van der Waals surface area contributed by atoms with E-state index in [1.54, 1.807) is 6.20 Å². The van der Waals surface area contributed by atoms with Gasteiger partial charge in [0, 0.05) is 42.5 Å². The highest BCUT2D eigenvalue weighted by molar-refractivity contribution is 7.09. The monoisotopic (exact) mass is 313 g/mol. The Labute approximate surface area is 134 Å². The summed E-state index contributed by atoms with van der Waals surface area (Å²) in [6.45, 7) is 3.92. The first-order valence-corrected chi connectivity index (χ1v) is 8.58. The molecule has 2 aromatic heterocycles. The first kappa shape index (κ1) is 13.9. The summed E-state index contributed by atoms with van der Waals surface area (Å²) in [4.78, 5) is 22.5. The van der Waals surface area contributed by atoms with Crippen molar-refractivity contribution in [3.05, 3.63) is 46.8 Å². The smallest absolute Gasteiger partial charge is 0.228 e. The fourth-order valence-electron chi connectivity index (χ4n) is 3.68. The largest absolute Gasteiger partial charge is 0.298 e. The molecule has 2 aromatic rings. The van der Waals surface area contributed by atoms with Crippen LogP contribution in [-0.4, -0.2) is 35.4 Å². The zero-order chi connectivity index (χ0) is 15.0. The van der Waals surface area contributed by atoms with Gasteiger partial charge < -0.3 is 0 Å². The van der Waals surface area contributed by atoms with E-state index in [4.69, 9.17) is 0 Å². The van der Waals surface area contributed by atoms with Gasteiger partial charge in [0.05, 0.1) is 0 Å². The fourth-order valence-corrected chi connectivity index (χ4v) is 4.42. The quantitative estimate of drug-likeness (QED) is 0.874. The standard InChI is InChI=1S/C17H19N3OS/c21-16-10-17(13-20(16)15-5-1-2-7-18-15)6-8-19(12-17)11-14-4-3-9-22-14/h1-5,7,9H,6,8,10-13H2/t17-/m1/s1. The lowest BCUT2D eigenvalue weighted by Gasteiger charge is -2.23. The average Bonchev–Trinajstić information content (AvgIpc) is 3.23. The minimum Gasteiger partial charge on any atom is -0.298 e. The Bertz CT molecular complexity index is 658. The molecule has 0 unspecified atom stereocenters. The number of anilines is 1. The molecule has 22 heavy (non-hydrogen) atoms. The SMILES string of the molecule is O=C1C[C@@]2(CCN(Cc3cccs3)C2)CN1c1ccccn1. The van der Waals surface area contributed by atoms with Crippen molar-refractivity contribution < 1.29 is 4.79 Å². The molecule has 2 fully saturated rings. The molecule has 0 radical (unpaired) electrons. The van der Waals surface area contributed by atoms with Crippen molar-refractivity contribution in [2.45, 2.75) is 19.4 Å². The van der Waals surface area contributed by atoms with Gasteiger partial charge in [0.2, 0.25) is 5.91 Å². The summed E-state index contributed by atoms with van der Waals surface area (Å²) in [7, 11) is 0. The molecule has 0 aromatic carbocycles. The van der Waals surface area contributed by atoms with Crippen LogP contribution in [0.2, 0.25) is 0 Å². The second kappa shape index (κ2) is 5.48. The lowest BCUT2D eigenvalue weighted by Crippen LogP contribution is -2.31. The van der Waals surface area contributed by atoms with Gasteiger partial charge in [0.25, 0.3) is 0 Å². The summed E-state index contributed by atoms with van der Waals surface area (Å²) in [6, 6.07) is 10.1. The van der Waals surface area contributed by atoms with E-state index in [0.717, 1.165) is 38.4 Å². The molecule has 1 amide bonds. The first-order valence-electron chi connectivity index (χ1n) is 7.70. The molecule has 2 saturated heterocycles. The van der Waals surface area contributed by atoms with E-state index in [-0.39, 0.29) is 11.3 Å². The Morgan fingerprint density at radius 3 is 2.95 bits per heavy atom. The van der Waals surface area contributed by atoms with E-state index >= 15 is 0 Å². The van der Waals surface area contributed by atoms with E-state index in [1.165, 1.54) is 4.88 Å². The fraction of sp³-hybridized carbons (Fsp3) is 0.412. The molecule has 0 bridgehead atoms. The third-order valence-electron chi connectivity index (χ3n) is 4.72. The zero-order valence-electron chi connectivity index (χ0n) is 12.4. The molecule has 4 heterocycles. The third-order valence-corrected chi connectivity index (χ3v) is 5.58. The number of pyridine rings is 1. The van der Waals surface area contributed by atoms with Crippen molar-refractivity contribution in [2.24, 2.45) is 5.41 Å². The second-order valence-electron chi connectivity index (χ2n) is 6.38. The Kier molecular flexibility index (Phi) is 3.47. The molecule has 114 valence electrons. The van der Waals surface area contributed by atoms with Crippen LogP contribution in [0.15, 0.2) is 41.9 Å². The molecule has 2 aliphatic heterocycles. The van der Waals surface area contributed by atoms with Gasteiger partial charge in [-0.05, 0) is 36.5 Å². The van der Waals surface area contributed by atoms with Gasteiger partial charge >= 0.3 is 0 Å². The Balaban J connectivity index is 1.46. The molecular weight excluding hydrogens is 294 g/mol. The maximum atomic E-state index is 12.4. The highest BCUT2D eigenvalue weighted by Crippen LogP contribution is 2.41. The van der Waals surface area contributed by atoms with Crippen LogP contribution in [0.3, 0.4) is 0 Å². The van der Waals surface area contributed by atoms with Crippen molar-refractivity contribution in [3.63, 3.8) is 0 Å². The molecule has 5 heteroatoms. The lowest BCUT2D eigenvalue weighted by atomic mass is 9.86. The van der Waals surface area contributed by atoms with Crippen LogP contribution < -0.4 is 4.90 Å². The van der Waals surface area contributed by atoms with Crippen molar-refractivity contribution >= 4 is 23.1 Å². The Hall–Kier alpha value is -1.72.